The van der Waals surface area contributed by atoms with Gasteiger partial charge in [0.25, 0.3) is 0 Å². The van der Waals surface area contributed by atoms with Gasteiger partial charge in [-0.1, -0.05) is 44.2 Å². The zero-order valence-electron chi connectivity index (χ0n) is 16.3. The summed E-state index contributed by atoms with van der Waals surface area (Å²) in [5.74, 6) is -0.334. The average molecular weight is 360 g/mol. The van der Waals surface area contributed by atoms with Gasteiger partial charge in [-0.2, -0.15) is 0 Å². The summed E-state index contributed by atoms with van der Waals surface area (Å²) in [6.07, 6.45) is 4.50. The fourth-order valence-electron chi connectivity index (χ4n) is 2.65. The second kappa shape index (κ2) is 13.1. The first kappa shape index (κ1) is 21.9. The van der Waals surface area contributed by atoms with Crippen LogP contribution < -0.4 is 0 Å². The summed E-state index contributed by atoms with van der Waals surface area (Å²) in [5.41, 5.74) is 0.981. The molecule has 0 saturated heterocycles. The smallest absolute Gasteiger partial charge is 0.307 e. The summed E-state index contributed by atoms with van der Waals surface area (Å²) in [6, 6.07) is 9.72. The topological polar surface area (TPSA) is 49.9 Å². The van der Waals surface area contributed by atoms with Gasteiger partial charge in [-0.3, -0.25) is 9.59 Å². The predicted molar refractivity (Wildman–Crippen MR) is 106 cm³/mol. The van der Waals surface area contributed by atoms with Crippen LogP contribution in [0.3, 0.4) is 0 Å². The third-order valence-corrected chi connectivity index (χ3v) is 4.22. The first-order valence-electron chi connectivity index (χ1n) is 9.50. The lowest BCUT2D eigenvalue weighted by atomic mass is 10.2. The van der Waals surface area contributed by atoms with E-state index in [4.69, 9.17) is 4.74 Å². The molecule has 0 N–H and O–H groups in total. The largest absolute Gasteiger partial charge is 0.466 e. The van der Waals surface area contributed by atoms with Crippen LogP contribution in [0.5, 0.6) is 0 Å². The molecular weight excluding hydrogens is 328 g/mol. The molecule has 0 unspecified atom stereocenters. The molecule has 1 amide bonds. The molecule has 5 heteroatoms. The zero-order valence-corrected chi connectivity index (χ0v) is 16.3. The summed E-state index contributed by atoms with van der Waals surface area (Å²) in [7, 11) is 0. The molecule has 0 heterocycles. The lowest BCUT2D eigenvalue weighted by molar-refractivity contribution is -0.143. The van der Waals surface area contributed by atoms with Gasteiger partial charge in [0.2, 0.25) is 5.91 Å². The average Bonchev–Trinajstić information content (AvgIpc) is 2.66. The van der Waals surface area contributed by atoms with Gasteiger partial charge in [0, 0.05) is 19.2 Å². The third kappa shape index (κ3) is 8.81. The minimum absolute atomic E-state index is 0.0716. The second-order valence-electron chi connectivity index (χ2n) is 6.00. The molecule has 5 nitrogen and oxygen atoms in total. The standard InChI is InChI=1S/C21H32N2O3/c1-4-22(5-2)16-10-17-23(18-15-21(25)26-6-3)20(24)14-13-19-11-8-7-9-12-19/h7-9,11-14H,4-6,10,15-18H2,1-3H3/b14-13+. The number of carbonyl (C=O) groups is 2. The summed E-state index contributed by atoms with van der Waals surface area (Å²) in [4.78, 5) is 28.3. The van der Waals surface area contributed by atoms with Gasteiger partial charge in [0.1, 0.15) is 0 Å². The maximum absolute atomic E-state index is 12.6. The van der Waals surface area contributed by atoms with Crippen molar-refractivity contribution in [2.45, 2.75) is 33.6 Å². The molecule has 0 bridgehead atoms. The molecule has 0 aliphatic heterocycles. The van der Waals surface area contributed by atoms with Gasteiger partial charge >= 0.3 is 5.97 Å². The van der Waals surface area contributed by atoms with Crippen molar-refractivity contribution >= 4 is 18.0 Å². The first-order chi connectivity index (χ1) is 12.6. The summed E-state index contributed by atoms with van der Waals surface area (Å²) < 4.78 is 4.98. The maximum atomic E-state index is 12.6. The number of hydrogen-bond acceptors (Lipinski definition) is 4. The molecule has 0 fully saturated rings. The van der Waals surface area contributed by atoms with Gasteiger partial charge in [-0.05, 0) is 44.6 Å². The molecule has 1 aromatic carbocycles. The van der Waals surface area contributed by atoms with Crippen molar-refractivity contribution in [2.24, 2.45) is 0 Å². The predicted octanol–water partition coefficient (Wildman–Crippen LogP) is 3.21. The fourth-order valence-corrected chi connectivity index (χ4v) is 2.65. The van der Waals surface area contributed by atoms with Crippen molar-refractivity contribution < 1.29 is 14.3 Å². The van der Waals surface area contributed by atoms with E-state index in [1.54, 1.807) is 17.9 Å². The Morgan fingerprint density at radius 2 is 1.69 bits per heavy atom. The number of ether oxygens (including phenoxy) is 1. The lowest BCUT2D eigenvalue weighted by Gasteiger charge is -2.23. The Morgan fingerprint density at radius 1 is 1.00 bits per heavy atom. The van der Waals surface area contributed by atoms with E-state index in [9.17, 15) is 9.59 Å². The molecule has 0 spiro atoms. The summed E-state index contributed by atoms with van der Waals surface area (Å²) in [6.45, 7) is 10.4. The number of benzene rings is 1. The van der Waals surface area contributed by atoms with Crippen molar-refractivity contribution in [3.63, 3.8) is 0 Å². The van der Waals surface area contributed by atoms with E-state index in [-0.39, 0.29) is 18.3 Å². The van der Waals surface area contributed by atoms with Crippen LogP contribution >= 0.6 is 0 Å². The van der Waals surface area contributed by atoms with Crippen LogP contribution in [0.4, 0.5) is 0 Å². The fraction of sp³-hybridized carbons (Fsp3) is 0.524. The normalized spacial score (nSPS) is 11.1. The zero-order chi connectivity index (χ0) is 19.2. The molecule has 0 aromatic heterocycles. The maximum Gasteiger partial charge on any atom is 0.307 e. The summed E-state index contributed by atoms with van der Waals surface area (Å²) >= 11 is 0. The quantitative estimate of drug-likeness (QED) is 0.424. The van der Waals surface area contributed by atoms with Crippen molar-refractivity contribution in [2.75, 3.05) is 39.3 Å². The Morgan fingerprint density at radius 3 is 2.31 bits per heavy atom. The minimum Gasteiger partial charge on any atom is -0.466 e. The monoisotopic (exact) mass is 360 g/mol. The SMILES string of the molecule is CCOC(=O)CCN(CCCN(CC)CC)C(=O)/C=C/c1ccccc1. The highest BCUT2D eigenvalue weighted by Crippen LogP contribution is 2.04. The Bertz CT molecular complexity index is 554. The van der Waals surface area contributed by atoms with Crippen molar-refractivity contribution in [3.8, 4) is 0 Å². The molecule has 0 aliphatic rings. The molecule has 0 saturated carbocycles. The molecule has 0 aliphatic carbocycles. The van der Waals surface area contributed by atoms with E-state index in [2.05, 4.69) is 18.7 Å². The Hall–Kier alpha value is -2.14. The van der Waals surface area contributed by atoms with E-state index in [0.717, 1.165) is 31.6 Å². The first-order valence-corrected chi connectivity index (χ1v) is 9.50. The highest BCUT2D eigenvalue weighted by Gasteiger charge is 2.13. The van der Waals surface area contributed by atoms with Crippen molar-refractivity contribution in [1.29, 1.82) is 0 Å². The van der Waals surface area contributed by atoms with E-state index in [1.807, 2.05) is 36.4 Å². The van der Waals surface area contributed by atoms with E-state index < -0.39 is 0 Å². The second-order valence-corrected chi connectivity index (χ2v) is 6.00. The molecule has 0 atom stereocenters. The van der Waals surface area contributed by atoms with E-state index in [1.165, 1.54) is 0 Å². The Kier molecular flexibility index (Phi) is 11.0. The van der Waals surface area contributed by atoms with E-state index >= 15 is 0 Å². The Labute approximate surface area is 157 Å². The lowest BCUT2D eigenvalue weighted by Crippen LogP contribution is -2.35. The van der Waals surface area contributed by atoms with Crippen LogP contribution in [-0.2, 0) is 14.3 Å². The van der Waals surface area contributed by atoms with Gasteiger partial charge < -0.3 is 14.5 Å². The number of nitrogens with zero attached hydrogens (tertiary/aromatic N) is 2. The number of rotatable bonds is 12. The highest BCUT2D eigenvalue weighted by molar-refractivity contribution is 5.92. The molecule has 1 rings (SSSR count). The number of carbonyl (C=O) groups excluding carboxylic acids is 2. The third-order valence-electron chi connectivity index (χ3n) is 4.22. The van der Waals surface area contributed by atoms with Gasteiger partial charge in [-0.15, -0.1) is 0 Å². The van der Waals surface area contributed by atoms with Crippen LogP contribution in [-0.4, -0.2) is 61.0 Å². The van der Waals surface area contributed by atoms with Gasteiger partial charge in [0.15, 0.2) is 0 Å². The van der Waals surface area contributed by atoms with Crippen LogP contribution in [0.25, 0.3) is 6.08 Å². The van der Waals surface area contributed by atoms with Crippen molar-refractivity contribution in [3.05, 3.63) is 42.0 Å². The van der Waals surface area contributed by atoms with Gasteiger partial charge in [0.05, 0.1) is 13.0 Å². The Balaban J connectivity index is 2.63. The van der Waals surface area contributed by atoms with Crippen LogP contribution in [0.2, 0.25) is 0 Å². The van der Waals surface area contributed by atoms with Crippen LogP contribution in [0.1, 0.15) is 39.2 Å². The number of hydrogen-bond donors (Lipinski definition) is 0. The van der Waals surface area contributed by atoms with Gasteiger partial charge in [-0.25, -0.2) is 0 Å². The van der Waals surface area contributed by atoms with Crippen LogP contribution in [0.15, 0.2) is 36.4 Å². The molecule has 0 radical (unpaired) electrons. The molecule has 26 heavy (non-hydrogen) atoms. The molecule has 1 aromatic rings. The number of esters is 1. The van der Waals surface area contributed by atoms with Crippen molar-refractivity contribution in [1.82, 2.24) is 9.80 Å². The van der Waals surface area contributed by atoms with E-state index in [0.29, 0.717) is 19.7 Å². The highest BCUT2D eigenvalue weighted by atomic mass is 16.5. The number of amides is 1. The van der Waals surface area contributed by atoms with Crippen LogP contribution in [0, 0.1) is 0 Å². The summed E-state index contributed by atoms with van der Waals surface area (Å²) in [5, 5.41) is 0. The molecular formula is C21H32N2O3. The molecule has 144 valence electrons. The minimum atomic E-state index is -0.263.